The smallest absolute Gasteiger partial charge is 0.342 e. The Balaban J connectivity index is 0.000000206. The predicted octanol–water partition coefficient (Wildman–Crippen LogP) is 6.38. The first-order valence-corrected chi connectivity index (χ1v) is 13.7. The Hall–Kier alpha value is -3.69. The van der Waals surface area contributed by atoms with Gasteiger partial charge in [-0.25, -0.2) is 9.78 Å². The van der Waals surface area contributed by atoms with Crippen LogP contribution in [0.5, 0.6) is 5.75 Å². The number of esters is 1. The summed E-state index contributed by atoms with van der Waals surface area (Å²) in [5, 5.41) is 9.14. The second-order valence-electron chi connectivity index (χ2n) is 8.53. The van der Waals surface area contributed by atoms with Gasteiger partial charge < -0.3 is 14.8 Å². The van der Waals surface area contributed by atoms with E-state index in [9.17, 15) is 18.3 Å². The lowest BCUT2D eigenvalue weighted by Gasteiger charge is -2.16. The van der Waals surface area contributed by atoms with E-state index in [0.717, 1.165) is 43.2 Å². The quantitative estimate of drug-likeness (QED) is 0.131. The molecule has 37 heavy (non-hydrogen) atoms. The third kappa shape index (κ3) is 7.65. The Kier molecular flexibility index (Phi) is 9.82. The zero-order valence-electron chi connectivity index (χ0n) is 20.9. The van der Waals surface area contributed by atoms with Crippen LogP contribution in [0.15, 0.2) is 78.0 Å². The van der Waals surface area contributed by atoms with Gasteiger partial charge in [0.2, 0.25) is 0 Å². The van der Waals surface area contributed by atoms with Crippen LogP contribution in [-0.4, -0.2) is 40.1 Å². The van der Waals surface area contributed by atoms with Gasteiger partial charge in [0.15, 0.2) is 0 Å². The summed E-state index contributed by atoms with van der Waals surface area (Å²) in [6.07, 6.45) is 5.04. The van der Waals surface area contributed by atoms with E-state index in [-0.39, 0.29) is 17.4 Å². The van der Waals surface area contributed by atoms with Crippen molar-refractivity contribution in [2.24, 2.45) is 0 Å². The number of unbranched alkanes of at least 4 members (excludes halogenated alkanes) is 2. The highest BCUT2D eigenvalue weighted by Gasteiger charge is 2.18. The molecule has 0 fully saturated rings. The van der Waals surface area contributed by atoms with E-state index in [1.54, 1.807) is 30.3 Å². The van der Waals surface area contributed by atoms with Gasteiger partial charge in [-0.2, -0.15) is 8.42 Å². The zero-order chi connectivity index (χ0) is 26.8. The molecule has 3 aromatic carbocycles. The molecule has 9 heteroatoms. The Morgan fingerprint density at radius 1 is 0.973 bits per heavy atom. The number of carbonyl (C=O) groups excluding carboxylic acids is 1. The summed E-state index contributed by atoms with van der Waals surface area (Å²) in [7, 11) is -4.33. The average molecular weight is 525 g/mol. The number of rotatable bonds is 9. The molecule has 0 bridgehead atoms. The van der Waals surface area contributed by atoms with Crippen LogP contribution in [0, 0.1) is 0 Å². The molecule has 0 aliphatic rings. The van der Waals surface area contributed by atoms with Crippen molar-refractivity contribution in [3.63, 3.8) is 0 Å². The molecule has 1 heterocycles. The Labute approximate surface area is 217 Å². The molecular weight excluding hydrogens is 492 g/mol. The molecule has 0 aliphatic carbocycles. The number of aromatic amines is 1. The Bertz CT molecular complexity index is 1420. The first-order chi connectivity index (χ1) is 17.7. The summed E-state index contributed by atoms with van der Waals surface area (Å²) in [6.45, 7) is 4.16. The molecule has 8 nitrogen and oxygen atoms in total. The molecule has 0 aliphatic heterocycles. The summed E-state index contributed by atoms with van der Waals surface area (Å²) < 4.78 is 36.7. The lowest BCUT2D eigenvalue weighted by Crippen LogP contribution is -2.17. The van der Waals surface area contributed by atoms with Crippen molar-refractivity contribution in [3.8, 4) is 16.9 Å². The fourth-order valence-corrected chi connectivity index (χ4v) is 4.26. The molecule has 4 aromatic rings. The monoisotopic (exact) mass is 524 g/mol. The minimum Gasteiger partial charge on any atom is -0.507 e. The highest BCUT2D eigenvalue weighted by molar-refractivity contribution is 7.85. The normalized spacial score (nSPS) is 12.0. The van der Waals surface area contributed by atoms with Gasteiger partial charge in [0.05, 0.1) is 11.0 Å². The van der Waals surface area contributed by atoms with E-state index in [1.165, 1.54) is 6.07 Å². The van der Waals surface area contributed by atoms with Crippen molar-refractivity contribution >= 4 is 27.1 Å². The predicted molar refractivity (Wildman–Crippen MR) is 143 cm³/mol. The number of imidazole rings is 1. The lowest BCUT2D eigenvalue weighted by molar-refractivity contribution is 0.0264. The molecule has 1 aromatic heterocycles. The van der Waals surface area contributed by atoms with Gasteiger partial charge >= 0.3 is 16.1 Å². The second kappa shape index (κ2) is 13.0. The van der Waals surface area contributed by atoms with Gasteiger partial charge in [0, 0.05) is 5.56 Å². The van der Waals surface area contributed by atoms with E-state index in [1.807, 2.05) is 43.3 Å². The van der Waals surface area contributed by atoms with Gasteiger partial charge in [-0.05, 0) is 43.0 Å². The summed E-state index contributed by atoms with van der Waals surface area (Å²) in [6, 6.07) is 21.4. The number of hydrogen-bond acceptors (Lipinski definition) is 6. The van der Waals surface area contributed by atoms with Gasteiger partial charge in [-0.15, -0.1) is 0 Å². The first kappa shape index (κ1) is 27.9. The van der Waals surface area contributed by atoms with Crippen molar-refractivity contribution in [2.45, 2.75) is 57.2 Å². The molecule has 0 saturated carbocycles. The van der Waals surface area contributed by atoms with Gasteiger partial charge in [-0.1, -0.05) is 81.3 Å². The van der Waals surface area contributed by atoms with Crippen LogP contribution >= 0.6 is 0 Å². The van der Waals surface area contributed by atoms with Crippen LogP contribution < -0.4 is 0 Å². The lowest BCUT2D eigenvalue weighted by atomic mass is 10.0. The maximum absolute atomic E-state index is 11.9. The fraction of sp³-hybridized carbons (Fsp3) is 0.286. The van der Waals surface area contributed by atoms with Crippen LogP contribution in [0.1, 0.15) is 56.3 Å². The summed E-state index contributed by atoms with van der Waals surface area (Å²) in [5.74, 6) is -0.456. The largest absolute Gasteiger partial charge is 0.507 e. The number of ether oxygens (including phenoxy) is 1. The number of para-hydroxylation sites is 2. The van der Waals surface area contributed by atoms with Gasteiger partial charge in [0.1, 0.15) is 17.4 Å². The van der Waals surface area contributed by atoms with Crippen molar-refractivity contribution in [3.05, 3.63) is 78.4 Å². The second-order valence-corrected chi connectivity index (χ2v) is 9.87. The van der Waals surface area contributed by atoms with Crippen molar-refractivity contribution < 1.29 is 27.6 Å². The van der Waals surface area contributed by atoms with E-state index in [4.69, 9.17) is 9.29 Å². The van der Waals surface area contributed by atoms with Crippen LogP contribution in [0.4, 0.5) is 0 Å². The number of aromatic nitrogens is 2. The number of hydrogen-bond donors (Lipinski definition) is 3. The van der Waals surface area contributed by atoms with Crippen LogP contribution in [0.25, 0.3) is 22.2 Å². The molecule has 0 spiro atoms. The maximum atomic E-state index is 11.9. The molecule has 196 valence electrons. The molecule has 0 radical (unpaired) electrons. The summed E-state index contributed by atoms with van der Waals surface area (Å²) >= 11 is 0. The third-order valence-electron chi connectivity index (χ3n) is 5.80. The van der Waals surface area contributed by atoms with E-state index in [0.29, 0.717) is 11.0 Å². The highest BCUT2D eigenvalue weighted by atomic mass is 32.2. The first-order valence-electron chi connectivity index (χ1n) is 12.2. The van der Waals surface area contributed by atoms with Crippen molar-refractivity contribution in [2.75, 3.05) is 0 Å². The summed E-state index contributed by atoms with van der Waals surface area (Å²) in [5.41, 5.74) is 3.06. The average Bonchev–Trinajstić information content (AvgIpc) is 3.35. The molecule has 0 saturated heterocycles. The van der Waals surface area contributed by atoms with E-state index < -0.39 is 21.2 Å². The number of nitrogens with one attached hydrogen (secondary N) is 1. The van der Waals surface area contributed by atoms with Crippen LogP contribution in [-0.2, 0) is 14.9 Å². The van der Waals surface area contributed by atoms with Gasteiger partial charge in [-0.3, -0.25) is 4.55 Å². The van der Waals surface area contributed by atoms with Crippen molar-refractivity contribution in [1.82, 2.24) is 9.97 Å². The van der Waals surface area contributed by atoms with E-state index >= 15 is 0 Å². The molecule has 1 unspecified atom stereocenters. The number of aromatic hydroxyl groups is 1. The standard InChI is InChI=1S/C15H22O3.C13H10N2O3S/c1-3-5-6-9-12(4-2)18-15(17)13-10-7-8-11-14(13)16;16-19(17,18)13-14-11-8-4-7-10(12(11)15-13)9-5-2-1-3-6-9/h7-8,10-12,16H,3-6,9H2,1-2H3;1-8H,(H,14,15)(H,16,17,18). The van der Waals surface area contributed by atoms with E-state index in [2.05, 4.69) is 16.9 Å². The maximum Gasteiger partial charge on any atom is 0.342 e. The number of phenolic OH excluding ortho intramolecular Hbond substituents is 1. The number of H-pyrrole nitrogens is 1. The number of fused-ring (bicyclic) bond motifs is 1. The highest BCUT2D eigenvalue weighted by Crippen LogP contribution is 2.27. The summed E-state index contributed by atoms with van der Waals surface area (Å²) in [4.78, 5) is 18.4. The van der Waals surface area contributed by atoms with Crippen molar-refractivity contribution in [1.29, 1.82) is 0 Å². The van der Waals surface area contributed by atoms with Gasteiger partial charge in [0.25, 0.3) is 5.16 Å². The van der Waals surface area contributed by atoms with Crippen LogP contribution in [0.3, 0.4) is 0 Å². The third-order valence-corrected chi connectivity index (χ3v) is 6.48. The SMILES string of the molecule is CCCCCC(CC)OC(=O)c1ccccc1O.O=S(=O)(O)c1nc2c(-c3ccccc3)cccc2[nH]1. The zero-order valence-corrected chi connectivity index (χ0v) is 21.7. The Morgan fingerprint density at radius 3 is 2.32 bits per heavy atom. The fourth-order valence-electron chi connectivity index (χ4n) is 3.81. The number of nitrogens with zero attached hydrogens (tertiary/aromatic N) is 1. The van der Waals surface area contributed by atoms with Crippen LogP contribution in [0.2, 0.25) is 0 Å². The molecule has 1 atom stereocenters. The molecule has 0 amide bonds. The molecular formula is C28H32N2O6S. The number of benzene rings is 3. The molecule has 4 rings (SSSR count). The minimum atomic E-state index is -4.33. The Morgan fingerprint density at radius 2 is 1.68 bits per heavy atom. The molecule has 3 N–H and O–H groups in total. The number of phenols is 1. The minimum absolute atomic E-state index is 0.0223. The topological polar surface area (TPSA) is 130 Å². The number of carbonyl (C=O) groups is 1.